The van der Waals surface area contributed by atoms with E-state index >= 15 is 0 Å². The van der Waals surface area contributed by atoms with E-state index in [2.05, 4.69) is 17.3 Å². The number of hydrogen-bond donors (Lipinski definition) is 1. The first-order chi connectivity index (χ1) is 7.93. The maximum atomic E-state index is 12.0. The Balaban J connectivity index is 2.31. The van der Waals surface area contributed by atoms with E-state index in [1.807, 2.05) is 13.8 Å². The lowest BCUT2D eigenvalue weighted by molar-refractivity contribution is 0.306. The zero-order valence-corrected chi connectivity index (χ0v) is 11.2. The normalized spacial score (nSPS) is 17.9. The van der Waals surface area contributed by atoms with Gasteiger partial charge < -0.3 is 5.32 Å². The average Bonchev–Trinajstić information content (AvgIpc) is 2.22. The van der Waals surface area contributed by atoms with Crippen molar-refractivity contribution in [1.29, 1.82) is 0 Å². The molecule has 0 aromatic carbocycles. The van der Waals surface area contributed by atoms with E-state index in [0.717, 1.165) is 12.8 Å². The predicted molar refractivity (Wildman–Crippen MR) is 69.8 cm³/mol. The number of nitrogens with zero attached hydrogens (tertiary/aromatic N) is 2. The van der Waals surface area contributed by atoms with Gasteiger partial charge in [0, 0.05) is 5.54 Å². The Morgan fingerprint density at radius 2 is 2.18 bits per heavy atom. The van der Waals surface area contributed by atoms with Crippen molar-refractivity contribution in [2.24, 2.45) is 0 Å². The summed E-state index contributed by atoms with van der Waals surface area (Å²) in [5.41, 5.74) is 0.493. The molecule has 1 aliphatic carbocycles. The number of hydrogen-bond acceptors (Lipinski definition) is 3. The molecular formula is C12H18ClN3O. The highest BCUT2D eigenvalue weighted by molar-refractivity contribution is 6.32. The fraction of sp³-hybridized carbons (Fsp3) is 0.667. The second kappa shape index (κ2) is 4.33. The smallest absolute Gasteiger partial charge is 0.287 e. The average molecular weight is 256 g/mol. The van der Waals surface area contributed by atoms with Gasteiger partial charge in [0.25, 0.3) is 5.56 Å². The number of aromatic nitrogens is 2. The van der Waals surface area contributed by atoms with Crippen LogP contribution in [-0.4, -0.2) is 15.3 Å². The molecule has 1 aliphatic rings. The fourth-order valence-corrected chi connectivity index (χ4v) is 2.24. The van der Waals surface area contributed by atoms with E-state index in [1.165, 1.54) is 11.1 Å². The van der Waals surface area contributed by atoms with Gasteiger partial charge in [-0.25, -0.2) is 4.68 Å². The largest absolute Gasteiger partial charge is 0.377 e. The minimum Gasteiger partial charge on any atom is -0.377 e. The van der Waals surface area contributed by atoms with Crippen LogP contribution in [0.5, 0.6) is 0 Å². The van der Waals surface area contributed by atoms with Crippen LogP contribution in [0.4, 0.5) is 5.69 Å². The van der Waals surface area contributed by atoms with Crippen LogP contribution in [0, 0.1) is 0 Å². The minimum absolute atomic E-state index is 0.0216. The van der Waals surface area contributed by atoms with Crippen LogP contribution in [0.25, 0.3) is 0 Å². The van der Waals surface area contributed by atoms with Crippen LogP contribution in [0.1, 0.15) is 46.1 Å². The molecule has 17 heavy (non-hydrogen) atoms. The van der Waals surface area contributed by atoms with Gasteiger partial charge in [-0.15, -0.1) is 0 Å². The molecule has 1 N–H and O–H groups in total. The Labute approximate surface area is 106 Å². The molecule has 0 unspecified atom stereocenters. The maximum Gasteiger partial charge on any atom is 0.287 e. The molecule has 0 spiro atoms. The van der Waals surface area contributed by atoms with Crippen molar-refractivity contribution in [2.75, 3.05) is 5.32 Å². The number of halogens is 1. The highest BCUT2D eigenvalue weighted by Crippen LogP contribution is 2.35. The molecule has 0 atom stereocenters. The van der Waals surface area contributed by atoms with Crippen molar-refractivity contribution in [3.63, 3.8) is 0 Å². The number of nitrogens with one attached hydrogen (secondary N) is 1. The highest BCUT2D eigenvalue weighted by atomic mass is 35.5. The van der Waals surface area contributed by atoms with E-state index in [4.69, 9.17) is 11.6 Å². The van der Waals surface area contributed by atoms with Gasteiger partial charge in [-0.3, -0.25) is 4.79 Å². The van der Waals surface area contributed by atoms with Gasteiger partial charge in [0.15, 0.2) is 0 Å². The SMILES string of the molecule is CC(C)n1ncc(NC2(C)CCC2)c(Cl)c1=O. The van der Waals surface area contributed by atoms with Gasteiger partial charge >= 0.3 is 0 Å². The van der Waals surface area contributed by atoms with Gasteiger partial charge in [-0.05, 0) is 40.0 Å². The standard InChI is InChI=1S/C12H18ClN3O/c1-8(2)16-11(17)10(13)9(7-14-16)15-12(3)5-4-6-12/h7-8,15H,4-6H2,1-3H3. The lowest BCUT2D eigenvalue weighted by Crippen LogP contribution is -2.42. The molecule has 1 heterocycles. The fourth-order valence-electron chi connectivity index (χ4n) is 2.06. The summed E-state index contributed by atoms with van der Waals surface area (Å²) in [6, 6.07) is 0.0216. The van der Waals surface area contributed by atoms with Gasteiger partial charge in [-0.1, -0.05) is 11.6 Å². The Morgan fingerprint density at radius 3 is 2.65 bits per heavy atom. The molecule has 94 valence electrons. The molecule has 0 bridgehead atoms. The molecule has 0 saturated heterocycles. The first kappa shape index (κ1) is 12.4. The van der Waals surface area contributed by atoms with Crippen LogP contribution >= 0.6 is 11.6 Å². The Morgan fingerprint density at radius 1 is 1.53 bits per heavy atom. The number of anilines is 1. The molecule has 0 amide bonds. The maximum absolute atomic E-state index is 12.0. The summed E-state index contributed by atoms with van der Waals surface area (Å²) >= 11 is 6.09. The monoisotopic (exact) mass is 255 g/mol. The predicted octanol–water partition coefficient (Wildman–Crippen LogP) is 2.83. The van der Waals surface area contributed by atoms with Gasteiger partial charge in [0.2, 0.25) is 0 Å². The summed E-state index contributed by atoms with van der Waals surface area (Å²) in [5, 5.41) is 7.70. The van der Waals surface area contributed by atoms with E-state index in [9.17, 15) is 4.79 Å². The molecule has 0 aliphatic heterocycles. The molecule has 2 rings (SSSR count). The van der Waals surface area contributed by atoms with Crippen molar-refractivity contribution < 1.29 is 0 Å². The van der Waals surface area contributed by atoms with E-state index in [-0.39, 0.29) is 22.2 Å². The van der Waals surface area contributed by atoms with Crippen LogP contribution < -0.4 is 10.9 Å². The zero-order chi connectivity index (χ0) is 12.6. The Kier molecular flexibility index (Phi) is 3.17. The van der Waals surface area contributed by atoms with Crippen LogP contribution in [0.2, 0.25) is 5.02 Å². The van der Waals surface area contributed by atoms with E-state index in [0.29, 0.717) is 5.69 Å². The van der Waals surface area contributed by atoms with Crippen molar-refractivity contribution in [1.82, 2.24) is 9.78 Å². The summed E-state index contributed by atoms with van der Waals surface area (Å²) < 4.78 is 1.40. The summed E-state index contributed by atoms with van der Waals surface area (Å²) in [7, 11) is 0. The van der Waals surface area contributed by atoms with Crippen LogP contribution in [0.15, 0.2) is 11.0 Å². The van der Waals surface area contributed by atoms with Gasteiger partial charge in [0.1, 0.15) is 5.02 Å². The lowest BCUT2D eigenvalue weighted by Gasteiger charge is -2.40. The second-order valence-electron chi connectivity index (χ2n) is 5.25. The minimum atomic E-state index is -0.227. The second-order valence-corrected chi connectivity index (χ2v) is 5.63. The van der Waals surface area contributed by atoms with Gasteiger partial charge in [0.05, 0.1) is 17.9 Å². The molecule has 0 radical (unpaired) electrons. The van der Waals surface area contributed by atoms with Crippen LogP contribution in [0.3, 0.4) is 0 Å². The molecule has 1 aromatic rings. The Bertz CT molecular complexity index is 477. The molecule has 1 aromatic heterocycles. The molecule has 5 heteroatoms. The first-order valence-electron chi connectivity index (χ1n) is 5.98. The third kappa shape index (κ3) is 2.32. The van der Waals surface area contributed by atoms with Crippen LogP contribution in [-0.2, 0) is 0 Å². The highest BCUT2D eigenvalue weighted by Gasteiger charge is 2.32. The summed E-state index contributed by atoms with van der Waals surface area (Å²) in [6.45, 7) is 5.96. The quantitative estimate of drug-likeness (QED) is 0.904. The summed E-state index contributed by atoms with van der Waals surface area (Å²) in [4.78, 5) is 12.0. The third-order valence-electron chi connectivity index (χ3n) is 3.33. The summed E-state index contributed by atoms with van der Waals surface area (Å²) in [6.07, 6.45) is 5.08. The summed E-state index contributed by atoms with van der Waals surface area (Å²) in [5.74, 6) is 0. The Hall–Kier alpha value is -1.03. The topological polar surface area (TPSA) is 46.9 Å². The lowest BCUT2D eigenvalue weighted by atomic mass is 9.78. The van der Waals surface area contributed by atoms with Gasteiger partial charge in [-0.2, -0.15) is 5.10 Å². The zero-order valence-electron chi connectivity index (χ0n) is 10.5. The molecule has 4 nitrogen and oxygen atoms in total. The van der Waals surface area contributed by atoms with Crippen molar-refractivity contribution in [2.45, 2.75) is 51.6 Å². The molecular weight excluding hydrogens is 238 g/mol. The molecule has 1 saturated carbocycles. The third-order valence-corrected chi connectivity index (χ3v) is 3.69. The van der Waals surface area contributed by atoms with Crippen molar-refractivity contribution in [3.05, 3.63) is 21.6 Å². The molecule has 1 fully saturated rings. The first-order valence-corrected chi connectivity index (χ1v) is 6.36. The van der Waals surface area contributed by atoms with Crippen molar-refractivity contribution in [3.8, 4) is 0 Å². The van der Waals surface area contributed by atoms with E-state index < -0.39 is 0 Å². The van der Waals surface area contributed by atoms with E-state index in [1.54, 1.807) is 6.20 Å². The van der Waals surface area contributed by atoms with Crippen molar-refractivity contribution >= 4 is 17.3 Å². The number of rotatable bonds is 3.